The van der Waals surface area contributed by atoms with Crippen molar-refractivity contribution in [1.82, 2.24) is 9.55 Å². The molecule has 214 valence electrons. The van der Waals surface area contributed by atoms with Crippen LogP contribution in [0.5, 0.6) is 0 Å². The number of hydrogen-bond donors (Lipinski definition) is 1. The number of ether oxygens (including phenoxy) is 4. The summed E-state index contributed by atoms with van der Waals surface area (Å²) in [6.07, 6.45) is -2.51. The third-order valence-electron chi connectivity index (χ3n) is 6.75. The van der Waals surface area contributed by atoms with Crippen LogP contribution in [0, 0.1) is 0 Å². The molecule has 0 bridgehead atoms. The maximum absolute atomic E-state index is 13.4. The Hall–Kier alpha value is -5.29. The molecule has 0 aliphatic carbocycles. The highest BCUT2D eigenvalue weighted by Gasteiger charge is 2.60. The Morgan fingerprint density at radius 2 is 1.36 bits per heavy atom. The van der Waals surface area contributed by atoms with E-state index >= 15 is 0 Å². The zero-order valence-electron chi connectivity index (χ0n) is 22.5. The molecule has 1 aromatic heterocycles. The van der Waals surface area contributed by atoms with E-state index < -0.39 is 54.2 Å². The highest BCUT2D eigenvalue weighted by Crippen LogP contribution is 2.43. The SMILES string of the molecule is C[C@]1(OC(=O)c2ccccc2)[C@H](OC(=O)c2ccccc2)[C@@H](COC(=O)c2ccccc2)O[C@H]1n1ccc(N)nc1=O. The minimum atomic E-state index is -1.80. The molecule has 0 spiro atoms. The van der Waals surface area contributed by atoms with Crippen LogP contribution in [0.4, 0.5) is 5.82 Å². The number of carbonyl (C=O) groups is 3. The van der Waals surface area contributed by atoms with Crippen molar-refractivity contribution in [2.75, 3.05) is 12.3 Å². The summed E-state index contributed by atoms with van der Waals surface area (Å²) in [7, 11) is 0. The first-order valence-corrected chi connectivity index (χ1v) is 13.0. The summed E-state index contributed by atoms with van der Waals surface area (Å²) in [4.78, 5) is 56.1. The predicted molar refractivity (Wildman–Crippen MR) is 149 cm³/mol. The zero-order chi connectivity index (χ0) is 29.7. The lowest BCUT2D eigenvalue weighted by molar-refractivity contribution is -0.111. The molecule has 0 saturated carbocycles. The fraction of sp³-hybridized carbons (Fsp3) is 0.194. The Bertz CT molecular complexity index is 1630. The Morgan fingerprint density at radius 1 is 0.833 bits per heavy atom. The third-order valence-corrected chi connectivity index (χ3v) is 6.75. The Morgan fingerprint density at radius 3 is 1.90 bits per heavy atom. The van der Waals surface area contributed by atoms with Gasteiger partial charge < -0.3 is 24.7 Å². The Labute approximate surface area is 240 Å². The van der Waals surface area contributed by atoms with E-state index in [1.54, 1.807) is 91.0 Å². The van der Waals surface area contributed by atoms with Crippen LogP contribution in [0.2, 0.25) is 0 Å². The summed E-state index contributed by atoms with van der Waals surface area (Å²) in [5.41, 5.74) is 3.83. The van der Waals surface area contributed by atoms with Gasteiger partial charge in [-0.05, 0) is 49.4 Å². The van der Waals surface area contributed by atoms with E-state index in [1.807, 2.05) is 0 Å². The third kappa shape index (κ3) is 5.91. The van der Waals surface area contributed by atoms with Gasteiger partial charge in [-0.25, -0.2) is 19.2 Å². The molecule has 1 aliphatic heterocycles. The minimum Gasteiger partial charge on any atom is -0.459 e. The number of hydrogen-bond acceptors (Lipinski definition) is 10. The van der Waals surface area contributed by atoms with Crippen molar-refractivity contribution in [3.63, 3.8) is 0 Å². The van der Waals surface area contributed by atoms with Crippen molar-refractivity contribution in [2.24, 2.45) is 0 Å². The van der Waals surface area contributed by atoms with Gasteiger partial charge in [0.1, 0.15) is 18.5 Å². The largest absolute Gasteiger partial charge is 0.459 e. The van der Waals surface area contributed by atoms with Crippen LogP contribution in [0.25, 0.3) is 0 Å². The molecular weight excluding hydrogens is 542 g/mol. The molecule has 1 fully saturated rings. The van der Waals surface area contributed by atoms with Crippen LogP contribution in [0.1, 0.15) is 44.2 Å². The van der Waals surface area contributed by atoms with E-state index in [4.69, 9.17) is 24.7 Å². The second-order valence-electron chi connectivity index (χ2n) is 9.66. The van der Waals surface area contributed by atoms with Crippen molar-refractivity contribution < 1.29 is 33.3 Å². The van der Waals surface area contributed by atoms with Gasteiger partial charge in [0, 0.05) is 6.20 Å². The smallest absolute Gasteiger partial charge is 0.351 e. The lowest BCUT2D eigenvalue weighted by Crippen LogP contribution is -2.51. The van der Waals surface area contributed by atoms with Gasteiger partial charge in [-0.1, -0.05) is 54.6 Å². The monoisotopic (exact) mass is 569 g/mol. The van der Waals surface area contributed by atoms with E-state index in [-0.39, 0.29) is 16.9 Å². The number of nitrogens with zero attached hydrogens (tertiary/aromatic N) is 2. The van der Waals surface area contributed by atoms with Gasteiger partial charge in [0.15, 0.2) is 17.9 Å². The fourth-order valence-corrected chi connectivity index (χ4v) is 4.66. The van der Waals surface area contributed by atoms with Gasteiger partial charge in [-0.3, -0.25) is 4.57 Å². The van der Waals surface area contributed by atoms with Crippen LogP contribution >= 0.6 is 0 Å². The van der Waals surface area contributed by atoms with E-state index in [9.17, 15) is 19.2 Å². The van der Waals surface area contributed by atoms with Crippen LogP contribution in [-0.4, -0.2) is 51.9 Å². The van der Waals surface area contributed by atoms with Gasteiger partial charge in [0.2, 0.25) is 0 Å². The Kier molecular flexibility index (Phi) is 8.12. The van der Waals surface area contributed by atoms with Crippen molar-refractivity contribution in [3.05, 3.63) is 130 Å². The lowest BCUT2D eigenvalue weighted by atomic mass is 9.95. The summed E-state index contributed by atoms with van der Waals surface area (Å²) in [5.74, 6) is -2.18. The highest BCUT2D eigenvalue weighted by molar-refractivity contribution is 5.91. The molecule has 5 rings (SSSR count). The molecule has 4 atom stereocenters. The number of anilines is 1. The van der Waals surface area contributed by atoms with Crippen molar-refractivity contribution in [2.45, 2.75) is 31.0 Å². The van der Waals surface area contributed by atoms with Gasteiger partial charge in [-0.2, -0.15) is 4.98 Å². The Balaban J connectivity index is 1.54. The maximum atomic E-state index is 13.4. The molecule has 3 aromatic carbocycles. The van der Waals surface area contributed by atoms with Crippen LogP contribution in [0.15, 0.2) is 108 Å². The van der Waals surface area contributed by atoms with E-state index in [2.05, 4.69) is 4.98 Å². The minimum absolute atomic E-state index is 0.0300. The highest BCUT2D eigenvalue weighted by atomic mass is 16.7. The molecule has 42 heavy (non-hydrogen) atoms. The topological polar surface area (TPSA) is 149 Å². The number of esters is 3. The second kappa shape index (κ2) is 12.1. The van der Waals surface area contributed by atoms with Crippen LogP contribution in [0.3, 0.4) is 0 Å². The standard InChI is InChI=1S/C31H27N3O8/c1-31(42-28(37)22-15-9-4-10-16-22)25(41-27(36)21-13-7-3-8-14-21)23(19-39-26(35)20-11-5-2-6-12-20)40-29(31)34-18-17-24(32)33-30(34)38/h2-18,23,25,29H,19H2,1H3,(H2,32,33,38)/t23-,25-,29-,31+/m1/s1. The quantitative estimate of drug-likeness (QED) is 0.247. The average molecular weight is 570 g/mol. The molecule has 2 heterocycles. The molecule has 1 saturated heterocycles. The van der Waals surface area contributed by atoms with Crippen molar-refractivity contribution in [1.29, 1.82) is 0 Å². The normalized spacial score (nSPS) is 21.3. The molecule has 1 aliphatic rings. The van der Waals surface area contributed by atoms with Crippen molar-refractivity contribution >= 4 is 23.7 Å². The number of nitrogens with two attached hydrogens (primary N) is 1. The summed E-state index contributed by atoms with van der Waals surface area (Å²) in [6, 6.07) is 26.0. The van der Waals surface area contributed by atoms with Crippen LogP contribution < -0.4 is 11.4 Å². The number of rotatable bonds is 8. The number of aromatic nitrogens is 2. The van der Waals surface area contributed by atoms with E-state index in [0.717, 1.165) is 4.57 Å². The van der Waals surface area contributed by atoms with Crippen LogP contribution in [-0.2, 0) is 18.9 Å². The second-order valence-corrected chi connectivity index (χ2v) is 9.66. The number of nitrogen functional groups attached to an aromatic ring is 1. The summed E-state index contributed by atoms with van der Waals surface area (Å²) in [6.45, 7) is 1.08. The molecule has 11 nitrogen and oxygen atoms in total. The average Bonchev–Trinajstić information content (AvgIpc) is 3.27. The molecule has 11 heteroatoms. The molecule has 0 radical (unpaired) electrons. The first-order chi connectivity index (χ1) is 20.3. The number of benzene rings is 3. The van der Waals surface area contributed by atoms with Crippen molar-refractivity contribution in [3.8, 4) is 0 Å². The molecular formula is C31H27N3O8. The molecule has 2 N–H and O–H groups in total. The van der Waals surface area contributed by atoms with Gasteiger partial charge in [-0.15, -0.1) is 0 Å². The van der Waals surface area contributed by atoms with Gasteiger partial charge >= 0.3 is 23.6 Å². The molecule has 0 amide bonds. The van der Waals surface area contributed by atoms with E-state index in [0.29, 0.717) is 5.56 Å². The van der Waals surface area contributed by atoms with E-state index in [1.165, 1.54) is 19.2 Å². The first-order valence-electron chi connectivity index (χ1n) is 13.0. The fourth-order valence-electron chi connectivity index (χ4n) is 4.66. The maximum Gasteiger partial charge on any atom is 0.351 e. The number of carbonyl (C=O) groups excluding carboxylic acids is 3. The molecule has 4 aromatic rings. The molecule has 0 unspecified atom stereocenters. The zero-order valence-corrected chi connectivity index (χ0v) is 22.5. The van der Waals surface area contributed by atoms with Gasteiger partial charge in [0.25, 0.3) is 0 Å². The summed E-state index contributed by atoms with van der Waals surface area (Å²) >= 11 is 0. The lowest BCUT2D eigenvalue weighted by Gasteiger charge is -2.34. The first kappa shape index (κ1) is 28.2. The predicted octanol–water partition coefficient (Wildman–Crippen LogP) is 3.42. The summed E-state index contributed by atoms with van der Waals surface area (Å²) < 4.78 is 24.7. The van der Waals surface area contributed by atoms with Gasteiger partial charge in [0.05, 0.1) is 16.7 Å². The summed E-state index contributed by atoms with van der Waals surface area (Å²) in [5, 5.41) is 0.